The first kappa shape index (κ1) is 20.1. The molecule has 0 aromatic carbocycles. The highest BCUT2D eigenvalue weighted by Gasteiger charge is 2.22. The van der Waals surface area contributed by atoms with Crippen LogP contribution in [0.2, 0.25) is 55.8 Å². The molecule has 0 saturated carbocycles. The van der Waals surface area contributed by atoms with Crippen LogP contribution in [0, 0.1) is 0 Å². The molecule has 1 nitrogen and oxygen atoms in total. The zero-order valence-electron chi connectivity index (χ0n) is 14.1. The van der Waals surface area contributed by atoms with Crippen molar-refractivity contribution >= 4 is 35.2 Å². The van der Waals surface area contributed by atoms with Crippen LogP contribution in [0.3, 0.4) is 0 Å². The van der Waals surface area contributed by atoms with E-state index < -0.39 is 16.1 Å². The third-order valence-electron chi connectivity index (χ3n) is 2.79. The van der Waals surface area contributed by atoms with E-state index in [1.165, 1.54) is 33.3 Å². The highest BCUT2D eigenvalue weighted by molar-refractivity contribution is 6.92. The van der Waals surface area contributed by atoms with E-state index in [-0.39, 0.29) is 0 Å². The molecule has 0 amide bonds. The Kier molecular flexibility index (Phi) is 10.9. The Morgan fingerprint density at radius 3 is 2.25 bits per heavy atom. The van der Waals surface area contributed by atoms with Crippen molar-refractivity contribution in [3.8, 4) is 0 Å². The number of hydrogen-bond donors (Lipinski definition) is 0. The zero-order valence-corrected chi connectivity index (χ0v) is 18.1. The minimum atomic E-state index is -0.905. The lowest BCUT2D eigenvalue weighted by Gasteiger charge is -2.23. The minimum absolute atomic E-state index is 0.810. The Morgan fingerprint density at radius 1 is 1.00 bits per heavy atom. The molecule has 5 heteroatoms. The van der Waals surface area contributed by atoms with Gasteiger partial charge in [-0.05, 0) is 12.5 Å². The van der Waals surface area contributed by atoms with Crippen molar-refractivity contribution in [2.45, 2.75) is 62.2 Å². The number of allylic oxidation sites excluding steroid dienone is 2. The van der Waals surface area contributed by atoms with Crippen LogP contribution in [-0.2, 0) is 4.74 Å². The molecule has 114 valence electrons. The van der Waals surface area contributed by atoms with Gasteiger partial charge in [-0.3, -0.25) is 0 Å². The van der Waals surface area contributed by atoms with Crippen molar-refractivity contribution in [3.63, 3.8) is 0 Å². The van der Waals surface area contributed by atoms with Gasteiger partial charge in [-0.2, -0.15) is 0 Å². The van der Waals surface area contributed by atoms with E-state index in [1.807, 2.05) is 6.08 Å². The molecule has 0 rings (SSSR count). The lowest BCUT2D eigenvalue weighted by atomic mass is 10.5. The van der Waals surface area contributed by atoms with Gasteiger partial charge in [-0.15, -0.1) is 0 Å². The summed E-state index contributed by atoms with van der Waals surface area (Å²) < 4.78 is 5.38. The van der Waals surface area contributed by atoms with Crippen LogP contribution < -0.4 is 0 Å². The second kappa shape index (κ2) is 10.8. The monoisotopic (exact) mass is 340 g/mol. The molecule has 0 unspecified atom stereocenters. The van der Waals surface area contributed by atoms with E-state index in [1.54, 1.807) is 18.0 Å². The van der Waals surface area contributed by atoms with Gasteiger partial charge < -0.3 is 4.74 Å². The summed E-state index contributed by atoms with van der Waals surface area (Å²) in [5.74, 6) is 0. The van der Waals surface area contributed by atoms with Gasteiger partial charge in [0.2, 0.25) is 0 Å². The molecule has 0 heterocycles. The molecule has 0 atom stereocenters. The topological polar surface area (TPSA) is 9.23 Å². The zero-order chi connectivity index (χ0) is 15.5. The van der Waals surface area contributed by atoms with Crippen LogP contribution >= 0.6 is 0 Å². The minimum Gasteiger partial charge on any atom is -0.501 e. The Labute approximate surface area is 133 Å². The molecule has 0 aliphatic rings. The van der Waals surface area contributed by atoms with Crippen LogP contribution in [0.4, 0.5) is 0 Å². The van der Waals surface area contributed by atoms with Crippen molar-refractivity contribution in [3.05, 3.63) is 25.0 Å². The molecule has 0 fully saturated rings. The van der Waals surface area contributed by atoms with Gasteiger partial charge in [-0.1, -0.05) is 68.4 Å². The standard InChI is InChI=1S/C15H32OSi4/c1-7-8-10-16-11-9-12-17-14-20(5,6)15-18-13-19(2,3)4/h7-8,10H,1,9,11-15H2,2-6H3. The Morgan fingerprint density at radius 2 is 1.65 bits per heavy atom. The largest absolute Gasteiger partial charge is 0.501 e. The van der Waals surface area contributed by atoms with E-state index in [4.69, 9.17) is 4.74 Å². The quantitative estimate of drug-likeness (QED) is 0.214. The fraction of sp³-hybridized carbons (Fsp3) is 0.733. The molecule has 0 N–H and O–H groups in total. The molecule has 0 spiro atoms. The summed E-state index contributed by atoms with van der Waals surface area (Å²) in [5.41, 5.74) is 4.62. The molecule has 0 aliphatic carbocycles. The molecule has 4 radical (unpaired) electrons. The van der Waals surface area contributed by atoms with Gasteiger partial charge in [-0.25, -0.2) is 0 Å². The third-order valence-corrected chi connectivity index (χ3v) is 18.4. The van der Waals surface area contributed by atoms with Crippen LogP contribution in [0.1, 0.15) is 6.42 Å². The third kappa shape index (κ3) is 14.6. The summed E-state index contributed by atoms with van der Waals surface area (Å²) in [7, 11) is 0.663. The van der Waals surface area contributed by atoms with Crippen molar-refractivity contribution in [1.82, 2.24) is 0 Å². The highest BCUT2D eigenvalue weighted by atomic mass is 28.4. The van der Waals surface area contributed by atoms with Crippen molar-refractivity contribution in [2.75, 3.05) is 6.61 Å². The summed E-state index contributed by atoms with van der Waals surface area (Å²) in [5, 5.41) is 0. The Bertz CT molecular complexity index is 282. The molecular formula is C15H32OSi4. The predicted octanol–water partition coefficient (Wildman–Crippen LogP) is 4.84. The number of rotatable bonds is 12. The van der Waals surface area contributed by atoms with E-state index in [2.05, 4.69) is 39.3 Å². The normalized spacial score (nSPS) is 12.8. The second-order valence-corrected chi connectivity index (χ2v) is 22.5. The number of ether oxygens (including phenoxy) is 1. The first-order chi connectivity index (χ1) is 9.27. The van der Waals surface area contributed by atoms with Crippen LogP contribution in [0.25, 0.3) is 0 Å². The molecule has 0 aromatic heterocycles. The van der Waals surface area contributed by atoms with E-state index >= 15 is 0 Å². The van der Waals surface area contributed by atoms with Gasteiger partial charge in [0.25, 0.3) is 0 Å². The van der Waals surface area contributed by atoms with E-state index in [9.17, 15) is 0 Å². The second-order valence-electron chi connectivity index (χ2n) is 7.29. The number of hydrogen-bond acceptors (Lipinski definition) is 1. The van der Waals surface area contributed by atoms with Crippen LogP contribution in [-0.4, -0.2) is 41.8 Å². The molecular weight excluding hydrogens is 309 g/mol. The average molecular weight is 341 g/mol. The fourth-order valence-corrected chi connectivity index (χ4v) is 14.5. The van der Waals surface area contributed by atoms with E-state index in [0.717, 1.165) is 16.1 Å². The smallest absolute Gasteiger partial charge is 0.0870 e. The van der Waals surface area contributed by atoms with Gasteiger partial charge in [0, 0.05) is 35.2 Å². The Hall–Kier alpha value is 0.148. The lowest BCUT2D eigenvalue weighted by molar-refractivity contribution is 0.250. The summed E-state index contributed by atoms with van der Waals surface area (Å²) in [4.78, 5) is 0. The van der Waals surface area contributed by atoms with E-state index in [0.29, 0.717) is 0 Å². The maximum atomic E-state index is 5.38. The predicted molar refractivity (Wildman–Crippen MR) is 101 cm³/mol. The van der Waals surface area contributed by atoms with Crippen LogP contribution in [0.15, 0.2) is 25.0 Å². The lowest BCUT2D eigenvalue weighted by Crippen LogP contribution is -2.32. The average Bonchev–Trinajstić information content (AvgIpc) is 2.30. The maximum absolute atomic E-state index is 5.38. The van der Waals surface area contributed by atoms with Gasteiger partial charge >= 0.3 is 0 Å². The summed E-state index contributed by atoms with van der Waals surface area (Å²) >= 11 is 0. The van der Waals surface area contributed by atoms with Crippen LogP contribution in [0.5, 0.6) is 0 Å². The van der Waals surface area contributed by atoms with Crippen molar-refractivity contribution < 1.29 is 4.74 Å². The van der Waals surface area contributed by atoms with Gasteiger partial charge in [0.15, 0.2) is 0 Å². The first-order valence-corrected chi connectivity index (χ1v) is 17.5. The maximum Gasteiger partial charge on any atom is 0.0870 e. The molecule has 0 aromatic rings. The SMILES string of the molecule is C=CC=COCCC[Si]C[Si](C)(C)C[Si]C[Si](C)(C)C. The van der Waals surface area contributed by atoms with Crippen molar-refractivity contribution in [1.29, 1.82) is 0 Å². The first-order valence-electron chi connectivity index (χ1n) is 7.57. The summed E-state index contributed by atoms with van der Waals surface area (Å²) in [6.07, 6.45) is 6.53. The molecule has 20 heavy (non-hydrogen) atoms. The van der Waals surface area contributed by atoms with Gasteiger partial charge in [0.05, 0.1) is 12.9 Å². The summed E-state index contributed by atoms with van der Waals surface area (Å²) in [6, 6.07) is 1.34. The highest BCUT2D eigenvalue weighted by Crippen LogP contribution is 2.17. The summed E-state index contributed by atoms with van der Waals surface area (Å²) in [6.45, 7) is 17.1. The fourth-order valence-electron chi connectivity index (χ4n) is 1.72. The Balaban J connectivity index is 3.56. The molecule has 0 aliphatic heterocycles. The van der Waals surface area contributed by atoms with Gasteiger partial charge in [0.1, 0.15) is 0 Å². The van der Waals surface area contributed by atoms with Crippen molar-refractivity contribution in [2.24, 2.45) is 0 Å². The molecule has 0 saturated heterocycles. The molecule has 0 bridgehead atoms.